The Labute approximate surface area is 114 Å². The molecule has 3 heteroatoms. The van der Waals surface area contributed by atoms with Gasteiger partial charge in [0.15, 0.2) is 0 Å². The van der Waals surface area contributed by atoms with Crippen molar-refractivity contribution >= 4 is 5.65 Å². The number of rotatable bonds is 5. The number of aryl methyl sites for hydroxylation is 2. The third-order valence-electron chi connectivity index (χ3n) is 3.17. The summed E-state index contributed by atoms with van der Waals surface area (Å²) in [6.45, 7) is 10.8. The molecule has 2 rings (SSSR count). The maximum absolute atomic E-state index is 4.63. The number of allylic oxidation sites excluding steroid dienone is 2. The number of aromatic nitrogens is 2. The summed E-state index contributed by atoms with van der Waals surface area (Å²) < 4.78 is 2.13. The van der Waals surface area contributed by atoms with E-state index < -0.39 is 0 Å². The Kier molecular flexibility index (Phi) is 4.17. The lowest BCUT2D eigenvalue weighted by Gasteiger charge is -2.09. The second-order valence-electron chi connectivity index (χ2n) is 4.86. The van der Waals surface area contributed by atoms with Crippen LogP contribution >= 0.6 is 0 Å². The van der Waals surface area contributed by atoms with Crippen LogP contribution in [0.2, 0.25) is 0 Å². The number of fused-ring (bicyclic) bond motifs is 1. The van der Waals surface area contributed by atoms with E-state index in [1.54, 1.807) is 6.08 Å². The summed E-state index contributed by atoms with van der Waals surface area (Å²) in [5, 5.41) is 3.46. The molecule has 0 aromatic carbocycles. The zero-order valence-electron chi connectivity index (χ0n) is 11.9. The van der Waals surface area contributed by atoms with Gasteiger partial charge in [-0.05, 0) is 32.9 Å². The van der Waals surface area contributed by atoms with Gasteiger partial charge >= 0.3 is 0 Å². The molecule has 100 valence electrons. The number of hydrogen-bond donors (Lipinski definition) is 1. The summed E-state index contributed by atoms with van der Waals surface area (Å²) in [5.41, 5.74) is 4.55. The minimum Gasteiger partial charge on any atom is -0.307 e. The summed E-state index contributed by atoms with van der Waals surface area (Å²) in [7, 11) is 0. The molecule has 0 radical (unpaired) electrons. The highest BCUT2D eigenvalue weighted by Crippen LogP contribution is 2.14. The first kappa shape index (κ1) is 13.6. The molecule has 0 aliphatic rings. The lowest BCUT2D eigenvalue weighted by molar-refractivity contribution is 0.635. The fraction of sp³-hybridized carbons (Fsp3) is 0.312. The number of nitrogens with one attached hydrogen (secondary N) is 1. The van der Waals surface area contributed by atoms with E-state index in [0.717, 1.165) is 17.9 Å². The summed E-state index contributed by atoms with van der Waals surface area (Å²) in [6, 6.07) is 4.55. The molecule has 0 spiro atoms. The average molecular weight is 255 g/mol. The molecule has 0 aliphatic heterocycles. The Morgan fingerprint density at radius 1 is 1.47 bits per heavy atom. The molecule has 3 nitrogen and oxygen atoms in total. The van der Waals surface area contributed by atoms with Crippen molar-refractivity contribution in [1.82, 2.24) is 14.7 Å². The Bertz CT molecular complexity index is 608. The van der Waals surface area contributed by atoms with Gasteiger partial charge in [-0.25, -0.2) is 4.98 Å². The second-order valence-corrected chi connectivity index (χ2v) is 4.86. The van der Waals surface area contributed by atoms with Crippen molar-refractivity contribution in [3.05, 3.63) is 60.1 Å². The van der Waals surface area contributed by atoms with Crippen molar-refractivity contribution in [3.8, 4) is 0 Å². The molecule has 19 heavy (non-hydrogen) atoms. The first-order chi connectivity index (χ1) is 9.11. The Morgan fingerprint density at radius 3 is 3.00 bits per heavy atom. The molecule has 2 heterocycles. The van der Waals surface area contributed by atoms with Crippen LogP contribution in [0.5, 0.6) is 0 Å². The second kappa shape index (κ2) is 5.85. The monoisotopic (exact) mass is 255 g/mol. The smallest absolute Gasteiger partial charge is 0.141 e. The third-order valence-corrected chi connectivity index (χ3v) is 3.17. The zero-order valence-corrected chi connectivity index (χ0v) is 11.9. The maximum Gasteiger partial charge on any atom is 0.141 e. The predicted molar refractivity (Wildman–Crippen MR) is 80.3 cm³/mol. The zero-order chi connectivity index (χ0) is 13.8. The van der Waals surface area contributed by atoms with Gasteiger partial charge in [0.1, 0.15) is 5.65 Å². The molecule has 0 amide bonds. The van der Waals surface area contributed by atoms with Crippen LogP contribution in [0.4, 0.5) is 0 Å². The normalized spacial score (nSPS) is 13.2. The van der Waals surface area contributed by atoms with E-state index in [1.165, 1.54) is 11.3 Å². The minimum atomic E-state index is 0.318. The van der Waals surface area contributed by atoms with Crippen LogP contribution in [0, 0.1) is 13.8 Å². The van der Waals surface area contributed by atoms with Gasteiger partial charge in [0.25, 0.3) is 0 Å². The highest BCUT2D eigenvalue weighted by atomic mass is 15.0. The van der Waals surface area contributed by atoms with Gasteiger partial charge in [0.05, 0.1) is 0 Å². The summed E-state index contributed by atoms with van der Waals surface area (Å²) in [4.78, 5) is 4.63. The van der Waals surface area contributed by atoms with E-state index in [2.05, 4.69) is 59.5 Å². The maximum atomic E-state index is 4.63. The molecule has 0 unspecified atom stereocenters. The van der Waals surface area contributed by atoms with Gasteiger partial charge < -0.3 is 9.72 Å². The van der Waals surface area contributed by atoms with Crippen LogP contribution in [0.3, 0.4) is 0 Å². The predicted octanol–water partition coefficient (Wildman–Crippen LogP) is 3.17. The van der Waals surface area contributed by atoms with E-state index in [1.807, 2.05) is 13.0 Å². The Morgan fingerprint density at radius 2 is 2.26 bits per heavy atom. The Hall–Kier alpha value is -1.87. The molecule has 2 aromatic rings. The molecule has 2 aromatic heterocycles. The van der Waals surface area contributed by atoms with Crippen LogP contribution in [-0.4, -0.2) is 15.4 Å². The molecule has 0 fully saturated rings. The number of hydrogen-bond acceptors (Lipinski definition) is 2. The van der Waals surface area contributed by atoms with Crippen LogP contribution in [0.1, 0.15) is 23.9 Å². The largest absolute Gasteiger partial charge is 0.307 e. The van der Waals surface area contributed by atoms with Gasteiger partial charge in [0.2, 0.25) is 0 Å². The van der Waals surface area contributed by atoms with Crippen molar-refractivity contribution in [1.29, 1.82) is 0 Å². The van der Waals surface area contributed by atoms with E-state index in [9.17, 15) is 0 Å². The van der Waals surface area contributed by atoms with Gasteiger partial charge in [-0.3, -0.25) is 0 Å². The van der Waals surface area contributed by atoms with Crippen LogP contribution in [0.15, 0.2) is 43.1 Å². The standard InChI is InChI=1S/C16H21N3/c1-5-6-7-12(2)17-11-15-8-9-19-14(4)10-13(3)18-16(15)19/h5-10,12,17H,1,11H2,2-4H3/b7-6-/t12-/m0/s1. The lowest BCUT2D eigenvalue weighted by atomic mass is 10.2. The lowest BCUT2D eigenvalue weighted by Crippen LogP contribution is -2.23. The van der Waals surface area contributed by atoms with Gasteiger partial charge in [-0.1, -0.05) is 24.8 Å². The van der Waals surface area contributed by atoms with Crippen molar-refractivity contribution in [3.63, 3.8) is 0 Å². The summed E-state index contributed by atoms with van der Waals surface area (Å²) >= 11 is 0. The van der Waals surface area contributed by atoms with E-state index in [0.29, 0.717) is 6.04 Å². The van der Waals surface area contributed by atoms with Crippen molar-refractivity contribution in [2.45, 2.75) is 33.4 Å². The van der Waals surface area contributed by atoms with Gasteiger partial charge in [0, 0.05) is 35.7 Å². The fourth-order valence-electron chi connectivity index (χ4n) is 2.17. The topological polar surface area (TPSA) is 29.3 Å². The molecule has 0 bridgehead atoms. The first-order valence-corrected chi connectivity index (χ1v) is 6.58. The highest BCUT2D eigenvalue weighted by Gasteiger charge is 2.07. The molecule has 0 saturated heterocycles. The van der Waals surface area contributed by atoms with Crippen LogP contribution in [-0.2, 0) is 6.54 Å². The molecular formula is C16H21N3. The third kappa shape index (κ3) is 3.12. The molecule has 0 saturated carbocycles. The number of nitrogens with zero attached hydrogens (tertiary/aromatic N) is 2. The SMILES string of the molecule is C=C/C=C\[C@H](C)NCc1ccn2c(C)cc(C)nc12. The quantitative estimate of drug-likeness (QED) is 0.832. The average Bonchev–Trinajstić information content (AvgIpc) is 2.77. The molecular weight excluding hydrogens is 234 g/mol. The minimum absolute atomic E-state index is 0.318. The molecule has 1 N–H and O–H groups in total. The first-order valence-electron chi connectivity index (χ1n) is 6.58. The van der Waals surface area contributed by atoms with Gasteiger partial charge in [-0.15, -0.1) is 0 Å². The van der Waals surface area contributed by atoms with Crippen LogP contribution < -0.4 is 5.32 Å². The van der Waals surface area contributed by atoms with Crippen molar-refractivity contribution in [2.75, 3.05) is 0 Å². The summed E-state index contributed by atoms with van der Waals surface area (Å²) in [5.74, 6) is 0. The van der Waals surface area contributed by atoms with Gasteiger partial charge in [-0.2, -0.15) is 0 Å². The highest BCUT2D eigenvalue weighted by molar-refractivity contribution is 5.50. The fourth-order valence-corrected chi connectivity index (χ4v) is 2.17. The Balaban J connectivity index is 2.17. The molecule has 1 atom stereocenters. The van der Waals surface area contributed by atoms with E-state index >= 15 is 0 Å². The van der Waals surface area contributed by atoms with E-state index in [-0.39, 0.29) is 0 Å². The van der Waals surface area contributed by atoms with Crippen molar-refractivity contribution < 1.29 is 0 Å². The summed E-state index contributed by atoms with van der Waals surface area (Å²) in [6.07, 6.45) is 7.93. The van der Waals surface area contributed by atoms with Crippen LogP contribution in [0.25, 0.3) is 5.65 Å². The van der Waals surface area contributed by atoms with E-state index in [4.69, 9.17) is 0 Å². The molecule has 0 aliphatic carbocycles. The van der Waals surface area contributed by atoms with Crippen molar-refractivity contribution in [2.24, 2.45) is 0 Å².